The number of aryl methyl sites for hydroxylation is 1. The van der Waals surface area contributed by atoms with Crippen molar-refractivity contribution in [1.29, 1.82) is 0 Å². The Balaban J connectivity index is 2.20. The number of ether oxygens (including phenoxy) is 1. The topological polar surface area (TPSA) is 34.4 Å². The van der Waals surface area contributed by atoms with Crippen molar-refractivity contribution in [3.8, 4) is 0 Å². The zero-order chi connectivity index (χ0) is 12.3. The van der Waals surface area contributed by atoms with Crippen molar-refractivity contribution in [2.75, 3.05) is 20.3 Å². The van der Waals surface area contributed by atoms with E-state index < -0.39 is 0 Å². The Morgan fingerprint density at radius 1 is 1.41 bits per heavy atom. The maximum atomic E-state index is 5.62. The van der Waals surface area contributed by atoms with E-state index in [1.807, 2.05) is 6.26 Å². The van der Waals surface area contributed by atoms with E-state index in [1.165, 1.54) is 5.56 Å². The lowest BCUT2D eigenvalue weighted by Crippen LogP contribution is -2.18. The predicted octanol–water partition coefficient (Wildman–Crippen LogP) is 3.24. The van der Waals surface area contributed by atoms with Crippen LogP contribution in [0.5, 0.6) is 0 Å². The van der Waals surface area contributed by atoms with Gasteiger partial charge in [-0.25, -0.2) is 0 Å². The first-order chi connectivity index (χ1) is 8.24. The number of methoxy groups -OCH3 is 1. The van der Waals surface area contributed by atoms with Gasteiger partial charge in [-0.2, -0.15) is 0 Å². The molecule has 0 radical (unpaired) electrons. The standard InChI is InChI=1S/C13H16BrNO2/c1-9-3-4-11(14)12-10(8-17-13(9)12)7-15-5-6-16-2/h3-4,8,15H,5-7H2,1-2H3. The molecule has 4 heteroatoms. The first kappa shape index (κ1) is 12.6. The van der Waals surface area contributed by atoms with Crippen LogP contribution in [0.2, 0.25) is 0 Å². The molecule has 0 fully saturated rings. The number of nitrogens with one attached hydrogen (secondary N) is 1. The smallest absolute Gasteiger partial charge is 0.138 e. The van der Waals surface area contributed by atoms with E-state index in [1.54, 1.807) is 7.11 Å². The number of halogens is 1. The van der Waals surface area contributed by atoms with Crippen LogP contribution in [-0.2, 0) is 11.3 Å². The molecule has 0 bridgehead atoms. The zero-order valence-electron chi connectivity index (χ0n) is 10.0. The highest BCUT2D eigenvalue weighted by atomic mass is 79.9. The van der Waals surface area contributed by atoms with Gasteiger partial charge < -0.3 is 14.5 Å². The van der Waals surface area contributed by atoms with E-state index in [9.17, 15) is 0 Å². The third-order valence-corrected chi connectivity index (χ3v) is 3.40. The average molecular weight is 298 g/mol. The summed E-state index contributed by atoms with van der Waals surface area (Å²) in [5, 5.41) is 4.48. The number of rotatable bonds is 5. The Morgan fingerprint density at radius 2 is 2.24 bits per heavy atom. The van der Waals surface area contributed by atoms with Gasteiger partial charge in [0.2, 0.25) is 0 Å². The van der Waals surface area contributed by atoms with Crippen molar-refractivity contribution in [3.63, 3.8) is 0 Å². The van der Waals surface area contributed by atoms with Crippen LogP contribution in [0, 0.1) is 6.92 Å². The largest absolute Gasteiger partial charge is 0.464 e. The van der Waals surface area contributed by atoms with Gasteiger partial charge in [-0.05, 0) is 18.6 Å². The van der Waals surface area contributed by atoms with Crippen molar-refractivity contribution >= 4 is 26.9 Å². The summed E-state index contributed by atoms with van der Waals surface area (Å²) in [7, 11) is 1.70. The normalized spacial score (nSPS) is 11.2. The van der Waals surface area contributed by atoms with Crippen LogP contribution in [0.4, 0.5) is 0 Å². The Kier molecular flexibility index (Phi) is 4.20. The molecule has 17 heavy (non-hydrogen) atoms. The molecule has 0 aliphatic heterocycles. The molecule has 3 nitrogen and oxygen atoms in total. The quantitative estimate of drug-likeness (QED) is 0.861. The third-order valence-electron chi connectivity index (χ3n) is 2.74. The molecule has 0 saturated carbocycles. The summed E-state index contributed by atoms with van der Waals surface area (Å²) in [4.78, 5) is 0. The monoisotopic (exact) mass is 297 g/mol. The molecule has 1 aromatic heterocycles. The number of hydrogen-bond acceptors (Lipinski definition) is 3. The van der Waals surface area contributed by atoms with Crippen LogP contribution in [0.25, 0.3) is 11.0 Å². The van der Waals surface area contributed by atoms with Gasteiger partial charge in [0.15, 0.2) is 0 Å². The maximum Gasteiger partial charge on any atom is 0.138 e. The van der Waals surface area contributed by atoms with Gasteiger partial charge in [-0.3, -0.25) is 0 Å². The maximum absolute atomic E-state index is 5.62. The second kappa shape index (κ2) is 5.67. The fourth-order valence-corrected chi connectivity index (χ4v) is 2.40. The Morgan fingerprint density at radius 3 is 3.00 bits per heavy atom. The summed E-state index contributed by atoms with van der Waals surface area (Å²) < 4.78 is 11.7. The molecule has 1 N–H and O–H groups in total. The lowest BCUT2D eigenvalue weighted by atomic mass is 10.1. The van der Waals surface area contributed by atoms with E-state index in [0.29, 0.717) is 0 Å². The molecule has 1 heterocycles. The van der Waals surface area contributed by atoms with Crippen molar-refractivity contribution in [3.05, 3.63) is 34.0 Å². The Labute approximate surface area is 109 Å². The van der Waals surface area contributed by atoms with Gasteiger partial charge >= 0.3 is 0 Å². The van der Waals surface area contributed by atoms with E-state index in [-0.39, 0.29) is 0 Å². The molecular weight excluding hydrogens is 282 g/mol. The van der Waals surface area contributed by atoms with Gasteiger partial charge in [0.25, 0.3) is 0 Å². The van der Waals surface area contributed by atoms with Gasteiger partial charge in [0.05, 0.1) is 12.9 Å². The molecule has 1 aromatic carbocycles. The second-order valence-electron chi connectivity index (χ2n) is 4.00. The average Bonchev–Trinajstić information content (AvgIpc) is 2.75. The lowest BCUT2D eigenvalue weighted by molar-refractivity contribution is 0.199. The van der Waals surface area contributed by atoms with Crippen molar-refractivity contribution < 1.29 is 9.15 Å². The SMILES string of the molecule is COCCNCc1coc2c(C)ccc(Br)c12. The van der Waals surface area contributed by atoms with Gasteiger partial charge in [-0.15, -0.1) is 0 Å². The molecule has 0 aliphatic rings. The number of hydrogen-bond donors (Lipinski definition) is 1. The number of benzene rings is 1. The zero-order valence-corrected chi connectivity index (χ0v) is 11.6. The third kappa shape index (κ3) is 2.70. The van der Waals surface area contributed by atoms with Crippen molar-refractivity contribution in [2.24, 2.45) is 0 Å². The minimum absolute atomic E-state index is 0.718. The van der Waals surface area contributed by atoms with Crippen LogP contribution in [-0.4, -0.2) is 20.3 Å². The van der Waals surface area contributed by atoms with Gasteiger partial charge in [0, 0.05) is 35.6 Å². The van der Waals surface area contributed by atoms with Gasteiger partial charge in [-0.1, -0.05) is 22.0 Å². The van der Waals surface area contributed by atoms with E-state index in [0.717, 1.165) is 40.7 Å². The molecule has 0 spiro atoms. The Hall–Kier alpha value is -0.840. The number of fused-ring (bicyclic) bond motifs is 1. The van der Waals surface area contributed by atoms with Crippen LogP contribution >= 0.6 is 15.9 Å². The highest BCUT2D eigenvalue weighted by Gasteiger charge is 2.10. The fourth-order valence-electron chi connectivity index (χ4n) is 1.83. The van der Waals surface area contributed by atoms with E-state index in [4.69, 9.17) is 9.15 Å². The molecule has 0 unspecified atom stereocenters. The fraction of sp³-hybridized carbons (Fsp3) is 0.385. The van der Waals surface area contributed by atoms with E-state index in [2.05, 4.69) is 40.3 Å². The molecule has 0 atom stereocenters. The molecule has 2 rings (SSSR count). The summed E-state index contributed by atoms with van der Waals surface area (Å²) >= 11 is 3.57. The van der Waals surface area contributed by atoms with Crippen LogP contribution in [0.1, 0.15) is 11.1 Å². The van der Waals surface area contributed by atoms with E-state index >= 15 is 0 Å². The van der Waals surface area contributed by atoms with Crippen molar-refractivity contribution in [1.82, 2.24) is 5.32 Å². The predicted molar refractivity (Wildman–Crippen MR) is 72.2 cm³/mol. The molecular formula is C13H16BrNO2. The minimum Gasteiger partial charge on any atom is -0.464 e. The van der Waals surface area contributed by atoms with Crippen molar-refractivity contribution in [2.45, 2.75) is 13.5 Å². The highest BCUT2D eigenvalue weighted by Crippen LogP contribution is 2.31. The lowest BCUT2D eigenvalue weighted by Gasteiger charge is -2.03. The Bertz CT molecular complexity index is 507. The first-order valence-electron chi connectivity index (χ1n) is 5.59. The number of furan rings is 1. The van der Waals surface area contributed by atoms with Gasteiger partial charge in [0.1, 0.15) is 5.58 Å². The molecule has 0 saturated heterocycles. The highest BCUT2D eigenvalue weighted by molar-refractivity contribution is 9.10. The molecule has 2 aromatic rings. The summed E-state index contributed by atoms with van der Waals surface area (Å²) in [6, 6.07) is 4.11. The molecule has 0 aliphatic carbocycles. The summed E-state index contributed by atoms with van der Waals surface area (Å²) in [6.45, 7) is 4.40. The molecule has 0 amide bonds. The first-order valence-corrected chi connectivity index (χ1v) is 6.38. The van der Waals surface area contributed by atoms with Crippen LogP contribution in [0.15, 0.2) is 27.3 Å². The summed E-state index contributed by atoms with van der Waals surface area (Å²) in [5.74, 6) is 0. The summed E-state index contributed by atoms with van der Waals surface area (Å²) in [6.07, 6.45) is 1.82. The van der Waals surface area contributed by atoms with Crippen LogP contribution in [0.3, 0.4) is 0 Å². The summed E-state index contributed by atoms with van der Waals surface area (Å²) in [5.41, 5.74) is 3.29. The second-order valence-corrected chi connectivity index (χ2v) is 4.85. The minimum atomic E-state index is 0.718. The molecule has 92 valence electrons. The van der Waals surface area contributed by atoms with Crippen LogP contribution < -0.4 is 5.32 Å².